The zero-order valence-corrected chi connectivity index (χ0v) is 15.9. The Morgan fingerprint density at radius 1 is 1.11 bits per heavy atom. The molecule has 6 nitrogen and oxygen atoms in total. The maximum atomic E-state index is 13.0. The summed E-state index contributed by atoms with van der Waals surface area (Å²) in [4.78, 5) is 17.4. The molecule has 0 radical (unpaired) electrons. The summed E-state index contributed by atoms with van der Waals surface area (Å²) in [5.41, 5.74) is 4.32. The third-order valence-corrected chi connectivity index (χ3v) is 4.86. The molecule has 1 unspecified atom stereocenters. The second kappa shape index (κ2) is 7.68. The average molecular weight is 374 g/mol. The summed E-state index contributed by atoms with van der Waals surface area (Å²) in [6, 6.07) is 17.6. The van der Waals surface area contributed by atoms with E-state index < -0.39 is 6.04 Å². The van der Waals surface area contributed by atoms with Crippen molar-refractivity contribution in [3.05, 3.63) is 83.2 Å². The number of fused-ring (bicyclic) bond motifs is 1. The van der Waals surface area contributed by atoms with Crippen molar-refractivity contribution in [2.75, 3.05) is 11.9 Å². The van der Waals surface area contributed by atoms with Crippen LogP contribution in [-0.4, -0.2) is 27.3 Å². The fourth-order valence-electron chi connectivity index (χ4n) is 3.47. The van der Waals surface area contributed by atoms with E-state index in [-0.39, 0.29) is 5.97 Å². The monoisotopic (exact) mass is 374 g/mol. The van der Waals surface area contributed by atoms with Crippen LogP contribution < -0.4 is 5.32 Å². The molecule has 1 aliphatic heterocycles. The zero-order valence-electron chi connectivity index (χ0n) is 15.9. The number of hydrogen-bond acceptors (Lipinski definition) is 5. The third kappa shape index (κ3) is 3.17. The molecule has 0 saturated heterocycles. The van der Waals surface area contributed by atoms with Crippen molar-refractivity contribution in [3.63, 3.8) is 0 Å². The van der Waals surface area contributed by atoms with Crippen molar-refractivity contribution in [1.29, 1.82) is 0 Å². The second-order valence-corrected chi connectivity index (χ2v) is 6.53. The number of carbonyl (C=O) groups is 1. The number of nitrogens with zero attached hydrogens (tertiary/aromatic N) is 3. The van der Waals surface area contributed by atoms with Crippen molar-refractivity contribution in [2.45, 2.75) is 26.3 Å². The van der Waals surface area contributed by atoms with Gasteiger partial charge in [-0.2, -0.15) is 10.1 Å². The summed E-state index contributed by atoms with van der Waals surface area (Å²) in [5.74, 6) is 0.232. The van der Waals surface area contributed by atoms with Crippen molar-refractivity contribution in [2.24, 2.45) is 0 Å². The van der Waals surface area contributed by atoms with E-state index in [1.54, 1.807) is 4.68 Å². The zero-order chi connectivity index (χ0) is 19.5. The van der Waals surface area contributed by atoms with Crippen molar-refractivity contribution in [1.82, 2.24) is 14.8 Å². The number of aromatic nitrogens is 3. The Morgan fingerprint density at radius 2 is 1.86 bits per heavy atom. The van der Waals surface area contributed by atoms with Gasteiger partial charge < -0.3 is 10.1 Å². The summed E-state index contributed by atoms with van der Waals surface area (Å²) in [6.07, 6.45) is 2.45. The lowest BCUT2D eigenvalue weighted by molar-refractivity contribution is -0.138. The van der Waals surface area contributed by atoms with Gasteiger partial charge in [-0.1, -0.05) is 61.5 Å². The Balaban J connectivity index is 1.93. The predicted octanol–water partition coefficient (Wildman–Crippen LogP) is 3.83. The van der Waals surface area contributed by atoms with Gasteiger partial charge in [0.15, 0.2) is 0 Å². The molecule has 0 amide bonds. The predicted molar refractivity (Wildman–Crippen MR) is 108 cm³/mol. The molecule has 3 aromatic rings. The van der Waals surface area contributed by atoms with Crippen molar-refractivity contribution in [3.8, 4) is 0 Å². The van der Waals surface area contributed by atoms with Gasteiger partial charge in [-0.3, -0.25) is 0 Å². The Labute approximate surface area is 163 Å². The van der Waals surface area contributed by atoms with Crippen molar-refractivity contribution < 1.29 is 9.53 Å². The van der Waals surface area contributed by atoms with Crippen LogP contribution in [0.3, 0.4) is 0 Å². The number of esters is 1. The minimum Gasteiger partial charge on any atom is -0.463 e. The molecule has 0 spiro atoms. The van der Waals surface area contributed by atoms with E-state index in [1.165, 1.54) is 11.9 Å². The molecule has 2 aromatic carbocycles. The Morgan fingerprint density at radius 3 is 2.54 bits per heavy atom. The number of hydrogen-bond donors (Lipinski definition) is 1. The second-order valence-electron chi connectivity index (χ2n) is 6.53. The van der Waals surface area contributed by atoms with Crippen LogP contribution in [0, 0.1) is 0 Å². The highest BCUT2D eigenvalue weighted by atomic mass is 16.5. The van der Waals surface area contributed by atoms with E-state index in [2.05, 4.69) is 34.5 Å². The first kappa shape index (κ1) is 18.0. The first-order chi connectivity index (χ1) is 13.7. The van der Waals surface area contributed by atoms with Gasteiger partial charge >= 0.3 is 5.97 Å². The molecule has 0 aliphatic carbocycles. The molecule has 1 aromatic heterocycles. The Kier molecular flexibility index (Phi) is 4.93. The van der Waals surface area contributed by atoms with E-state index in [4.69, 9.17) is 4.74 Å². The van der Waals surface area contributed by atoms with Gasteiger partial charge in [-0.05, 0) is 30.0 Å². The van der Waals surface area contributed by atoms with Crippen LogP contribution in [0.2, 0.25) is 0 Å². The van der Waals surface area contributed by atoms with Gasteiger partial charge in [0.1, 0.15) is 12.4 Å². The van der Waals surface area contributed by atoms with Gasteiger partial charge in [-0.25, -0.2) is 9.48 Å². The first-order valence-electron chi connectivity index (χ1n) is 9.45. The lowest BCUT2D eigenvalue weighted by Crippen LogP contribution is -2.30. The molecule has 0 bridgehead atoms. The molecule has 1 atom stereocenters. The first-order valence-corrected chi connectivity index (χ1v) is 9.45. The third-order valence-electron chi connectivity index (χ3n) is 4.86. The summed E-state index contributed by atoms with van der Waals surface area (Å²) in [6.45, 7) is 4.23. The molecule has 2 heterocycles. The highest BCUT2D eigenvalue weighted by molar-refractivity contribution is 6.02. The molecule has 0 saturated carbocycles. The number of nitrogens with one attached hydrogen (secondary N) is 1. The lowest BCUT2D eigenvalue weighted by Gasteiger charge is -2.29. The van der Waals surface area contributed by atoms with E-state index in [0.717, 1.165) is 17.5 Å². The van der Waals surface area contributed by atoms with Crippen LogP contribution in [0.4, 0.5) is 5.95 Å². The molecule has 4 rings (SSSR count). The highest BCUT2D eigenvalue weighted by Gasteiger charge is 2.36. The van der Waals surface area contributed by atoms with Crippen LogP contribution in [0.1, 0.15) is 36.6 Å². The number of aryl methyl sites for hydroxylation is 1. The number of benzene rings is 2. The summed E-state index contributed by atoms with van der Waals surface area (Å²) in [5, 5.41) is 7.65. The van der Waals surface area contributed by atoms with E-state index in [9.17, 15) is 4.79 Å². The maximum Gasteiger partial charge on any atom is 0.338 e. The minimum absolute atomic E-state index is 0.302. The Bertz CT molecular complexity index is 1010. The van der Waals surface area contributed by atoms with Gasteiger partial charge in [0.2, 0.25) is 5.95 Å². The van der Waals surface area contributed by atoms with Gasteiger partial charge in [0, 0.05) is 0 Å². The van der Waals surface area contributed by atoms with Crippen LogP contribution in [0.25, 0.3) is 5.70 Å². The SMILES string of the molecule is CCOC(=O)C1=C(c2ccccc2)Nc2ncnn2C1c1ccc(CC)cc1. The van der Waals surface area contributed by atoms with E-state index in [1.807, 2.05) is 49.4 Å². The molecule has 1 N–H and O–H groups in total. The number of ether oxygens (including phenoxy) is 1. The van der Waals surface area contributed by atoms with Crippen molar-refractivity contribution >= 4 is 17.6 Å². The summed E-state index contributed by atoms with van der Waals surface area (Å²) >= 11 is 0. The van der Waals surface area contributed by atoms with E-state index in [0.29, 0.717) is 23.8 Å². The number of carbonyl (C=O) groups excluding carboxylic acids is 1. The quantitative estimate of drug-likeness (QED) is 0.688. The standard InChI is InChI=1S/C22H22N4O2/c1-3-15-10-12-17(13-11-15)20-18(21(27)28-4-2)19(16-8-6-5-7-9-16)25-22-23-14-24-26(20)22/h5-14,20H,3-4H2,1-2H3,(H,23,24,25). The largest absolute Gasteiger partial charge is 0.463 e. The van der Waals surface area contributed by atoms with E-state index >= 15 is 0 Å². The van der Waals surface area contributed by atoms with Gasteiger partial charge in [0.25, 0.3) is 0 Å². The van der Waals surface area contributed by atoms with Gasteiger partial charge in [-0.15, -0.1) is 0 Å². The Hall–Kier alpha value is -3.41. The van der Waals surface area contributed by atoms with Crippen LogP contribution in [-0.2, 0) is 16.0 Å². The smallest absolute Gasteiger partial charge is 0.338 e. The summed E-state index contributed by atoms with van der Waals surface area (Å²) in [7, 11) is 0. The fourth-order valence-corrected chi connectivity index (χ4v) is 3.47. The normalized spacial score (nSPS) is 15.7. The molecule has 6 heteroatoms. The maximum absolute atomic E-state index is 13.0. The highest BCUT2D eigenvalue weighted by Crippen LogP contribution is 2.38. The van der Waals surface area contributed by atoms with Crippen LogP contribution in [0.15, 0.2) is 66.5 Å². The van der Waals surface area contributed by atoms with Crippen LogP contribution >= 0.6 is 0 Å². The van der Waals surface area contributed by atoms with Gasteiger partial charge in [0.05, 0.1) is 17.9 Å². The number of rotatable bonds is 5. The fraction of sp³-hybridized carbons (Fsp3) is 0.227. The average Bonchev–Trinajstić information content (AvgIpc) is 3.21. The molecular formula is C22H22N4O2. The number of anilines is 1. The topological polar surface area (TPSA) is 69.0 Å². The lowest BCUT2D eigenvalue weighted by atomic mass is 9.92. The minimum atomic E-state index is -0.418. The summed E-state index contributed by atoms with van der Waals surface area (Å²) < 4.78 is 7.16. The molecule has 142 valence electrons. The molecular weight excluding hydrogens is 352 g/mol. The molecule has 0 fully saturated rings. The van der Waals surface area contributed by atoms with Crippen LogP contribution in [0.5, 0.6) is 0 Å². The molecule has 28 heavy (non-hydrogen) atoms. The molecule has 1 aliphatic rings.